The van der Waals surface area contributed by atoms with E-state index in [4.69, 9.17) is 5.73 Å². The molecule has 0 radical (unpaired) electrons. The summed E-state index contributed by atoms with van der Waals surface area (Å²) in [6, 6.07) is 0.342. The average Bonchev–Trinajstić information content (AvgIpc) is 1.84. The highest BCUT2D eigenvalue weighted by atomic mass is 32.2. The fraction of sp³-hybridized carbons (Fsp3) is 1.00. The summed E-state index contributed by atoms with van der Waals surface area (Å²) >= 11 is 1.93. The van der Waals surface area contributed by atoms with Crippen LogP contribution < -0.4 is 5.73 Å². The van der Waals surface area contributed by atoms with Crippen LogP contribution in [-0.4, -0.2) is 18.1 Å². The summed E-state index contributed by atoms with van der Waals surface area (Å²) in [6.07, 6.45) is 5.93. The summed E-state index contributed by atoms with van der Waals surface area (Å²) in [7, 11) is 0. The summed E-state index contributed by atoms with van der Waals surface area (Å²) in [4.78, 5) is 0. The van der Waals surface area contributed by atoms with Gasteiger partial charge in [0.25, 0.3) is 0 Å². The van der Waals surface area contributed by atoms with Crippen LogP contribution in [0, 0.1) is 5.41 Å². The summed E-state index contributed by atoms with van der Waals surface area (Å²) < 4.78 is 0. The van der Waals surface area contributed by atoms with Crippen molar-refractivity contribution in [2.24, 2.45) is 11.1 Å². The molecule has 74 valence electrons. The van der Waals surface area contributed by atoms with Crippen molar-refractivity contribution in [3.8, 4) is 0 Å². The van der Waals surface area contributed by atoms with Gasteiger partial charge in [-0.15, -0.1) is 0 Å². The standard InChI is InChI=1S/C10H23NS/c1-9(11)8-10(2,3)6-5-7-12-4/h9H,5-8,11H2,1-4H3. The SMILES string of the molecule is CSCCCC(C)(C)CC(C)N. The van der Waals surface area contributed by atoms with Crippen molar-refractivity contribution in [3.05, 3.63) is 0 Å². The molecule has 0 aliphatic rings. The Morgan fingerprint density at radius 1 is 1.42 bits per heavy atom. The Balaban J connectivity index is 3.56. The number of rotatable bonds is 6. The van der Waals surface area contributed by atoms with E-state index in [0.717, 1.165) is 6.42 Å². The molecular formula is C10H23NS. The molecule has 0 spiro atoms. The normalized spacial score (nSPS) is 14.8. The van der Waals surface area contributed by atoms with Crippen molar-refractivity contribution in [1.29, 1.82) is 0 Å². The lowest BCUT2D eigenvalue weighted by atomic mass is 9.82. The monoisotopic (exact) mass is 189 g/mol. The third-order valence-corrected chi connectivity index (χ3v) is 2.77. The predicted molar refractivity (Wildman–Crippen MR) is 59.7 cm³/mol. The van der Waals surface area contributed by atoms with Crippen LogP contribution in [0.1, 0.15) is 40.0 Å². The first kappa shape index (κ1) is 12.3. The highest BCUT2D eigenvalue weighted by Crippen LogP contribution is 2.28. The Morgan fingerprint density at radius 3 is 2.42 bits per heavy atom. The van der Waals surface area contributed by atoms with E-state index in [2.05, 4.69) is 27.0 Å². The summed E-state index contributed by atoms with van der Waals surface area (Å²) in [5.74, 6) is 1.28. The van der Waals surface area contributed by atoms with E-state index in [1.54, 1.807) is 0 Å². The van der Waals surface area contributed by atoms with Crippen molar-refractivity contribution in [3.63, 3.8) is 0 Å². The molecule has 0 saturated carbocycles. The van der Waals surface area contributed by atoms with E-state index in [1.807, 2.05) is 11.8 Å². The second-order valence-corrected chi connectivity index (χ2v) is 5.43. The zero-order chi connectivity index (χ0) is 9.61. The lowest BCUT2D eigenvalue weighted by molar-refractivity contribution is 0.285. The van der Waals surface area contributed by atoms with Crippen LogP contribution in [0.3, 0.4) is 0 Å². The summed E-state index contributed by atoms with van der Waals surface area (Å²) in [5.41, 5.74) is 6.21. The minimum absolute atomic E-state index is 0.342. The van der Waals surface area contributed by atoms with Gasteiger partial charge in [0, 0.05) is 6.04 Å². The molecule has 0 aromatic rings. The topological polar surface area (TPSA) is 26.0 Å². The van der Waals surface area contributed by atoms with Gasteiger partial charge in [-0.05, 0) is 43.6 Å². The molecule has 0 bridgehead atoms. The molecule has 0 aliphatic carbocycles. The third-order valence-electron chi connectivity index (χ3n) is 2.08. The first-order valence-corrected chi connectivity index (χ1v) is 6.12. The smallest absolute Gasteiger partial charge is 0.00155 e. The quantitative estimate of drug-likeness (QED) is 0.650. The van der Waals surface area contributed by atoms with Gasteiger partial charge in [0.05, 0.1) is 0 Å². The molecular weight excluding hydrogens is 166 g/mol. The van der Waals surface area contributed by atoms with Crippen LogP contribution in [0.2, 0.25) is 0 Å². The molecule has 0 saturated heterocycles. The molecule has 0 amide bonds. The van der Waals surface area contributed by atoms with E-state index in [9.17, 15) is 0 Å². The zero-order valence-corrected chi connectivity index (χ0v) is 9.71. The lowest BCUT2D eigenvalue weighted by Crippen LogP contribution is -2.25. The van der Waals surface area contributed by atoms with Gasteiger partial charge in [-0.2, -0.15) is 11.8 Å². The van der Waals surface area contributed by atoms with Gasteiger partial charge in [-0.1, -0.05) is 13.8 Å². The zero-order valence-electron chi connectivity index (χ0n) is 8.89. The van der Waals surface area contributed by atoms with Gasteiger partial charge in [-0.3, -0.25) is 0 Å². The molecule has 1 atom stereocenters. The fourth-order valence-corrected chi connectivity index (χ4v) is 2.10. The van der Waals surface area contributed by atoms with E-state index in [-0.39, 0.29) is 0 Å². The molecule has 1 unspecified atom stereocenters. The molecule has 0 aromatic carbocycles. The maximum atomic E-state index is 5.78. The van der Waals surface area contributed by atoms with Gasteiger partial charge in [0.15, 0.2) is 0 Å². The van der Waals surface area contributed by atoms with Crippen LogP contribution in [-0.2, 0) is 0 Å². The van der Waals surface area contributed by atoms with Crippen molar-refractivity contribution in [1.82, 2.24) is 0 Å². The predicted octanol–water partition coefficient (Wildman–Crippen LogP) is 2.89. The molecule has 1 nitrogen and oxygen atoms in total. The van der Waals surface area contributed by atoms with Crippen LogP contribution in [0.4, 0.5) is 0 Å². The molecule has 0 aliphatic heterocycles. The highest BCUT2D eigenvalue weighted by molar-refractivity contribution is 7.98. The fourth-order valence-electron chi connectivity index (χ4n) is 1.67. The molecule has 0 rings (SSSR count). The van der Waals surface area contributed by atoms with Gasteiger partial charge in [0.2, 0.25) is 0 Å². The van der Waals surface area contributed by atoms with Crippen molar-refractivity contribution in [2.45, 2.75) is 46.1 Å². The van der Waals surface area contributed by atoms with Gasteiger partial charge >= 0.3 is 0 Å². The summed E-state index contributed by atoms with van der Waals surface area (Å²) in [6.45, 7) is 6.73. The van der Waals surface area contributed by atoms with E-state index >= 15 is 0 Å². The number of hydrogen-bond donors (Lipinski definition) is 1. The summed E-state index contributed by atoms with van der Waals surface area (Å²) in [5, 5.41) is 0. The average molecular weight is 189 g/mol. The molecule has 2 N–H and O–H groups in total. The Kier molecular flexibility index (Phi) is 6.02. The second-order valence-electron chi connectivity index (χ2n) is 4.44. The first-order chi connectivity index (χ1) is 5.48. The Hall–Kier alpha value is 0.310. The van der Waals surface area contributed by atoms with E-state index < -0.39 is 0 Å². The van der Waals surface area contributed by atoms with Crippen LogP contribution in [0.15, 0.2) is 0 Å². The maximum Gasteiger partial charge on any atom is 0.00155 e. The van der Waals surface area contributed by atoms with Crippen LogP contribution >= 0.6 is 11.8 Å². The number of nitrogens with two attached hydrogens (primary N) is 1. The molecule has 0 aromatic heterocycles. The van der Waals surface area contributed by atoms with Gasteiger partial charge in [0.1, 0.15) is 0 Å². The Morgan fingerprint density at radius 2 is 2.00 bits per heavy atom. The first-order valence-electron chi connectivity index (χ1n) is 4.72. The molecule has 0 fully saturated rings. The van der Waals surface area contributed by atoms with Crippen LogP contribution in [0.5, 0.6) is 0 Å². The van der Waals surface area contributed by atoms with Crippen LogP contribution in [0.25, 0.3) is 0 Å². The minimum Gasteiger partial charge on any atom is -0.328 e. The Labute approximate surface area is 81.5 Å². The second kappa shape index (κ2) is 5.87. The van der Waals surface area contributed by atoms with Crippen molar-refractivity contribution in [2.75, 3.05) is 12.0 Å². The van der Waals surface area contributed by atoms with Gasteiger partial charge in [-0.25, -0.2) is 0 Å². The van der Waals surface area contributed by atoms with Crippen molar-refractivity contribution < 1.29 is 0 Å². The maximum absolute atomic E-state index is 5.78. The number of hydrogen-bond acceptors (Lipinski definition) is 2. The van der Waals surface area contributed by atoms with E-state index in [1.165, 1.54) is 18.6 Å². The highest BCUT2D eigenvalue weighted by Gasteiger charge is 2.18. The molecule has 0 heterocycles. The minimum atomic E-state index is 0.342. The van der Waals surface area contributed by atoms with Crippen molar-refractivity contribution >= 4 is 11.8 Å². The van der Waals surface area contributed by atoms with Gasteiger partial charge < -0.3 is 5.73 Å². The molecule has 2 heteroatoms. The number of thioether (sulfide) groups is 1. The third kappa shape index (κ3) is 6.99. The Bertz CT molecular complexity index is 110. The van der Waals surface area contributed by atoms with E-state index in [0.29, 0.717) is 11.5 Å². The largest absolute Gasteiger partial charge is 0.328 e. The molecule has 12 heavy (non-hydrogen) atoms. The lowest BCUT2D eigenvalue weighted by Gasteiger charge is -2.26.